The largest absolute Gasteiger partial charge is 0.325 e. The second kappa shape index (κ2) is 8.69. The van der Waals surface area contributed by atoms with Gasteiger partial charge in [-0.05, 0) is 44.2 Å². The highest BCUT2D eigenvalue weighted by Gasteiger charge is 2.19. The summed E-state index contributed by atoms with van der Waals surface area (Å²) >= 11 is 1.24. The van der Waals surface area contributed by atoms with E-state index in [9.17, 15) is 9.59 Å². The van der Waals surface area contributed by atoms with Crippen LogP contribution in [0.25, 0.3) is 22.1 Å². The van der Waals surface area contributed by atoms with Crippen LogP contribution in [0.1, 0.15) is 24.2 Å². The van der Waals surface area contributed by atoms with Crippen LogP contribution in [0.5, 0.6) is 0 Å². The van der Waals surface area contributed by atoms with Gasteiger partial charge in [-0.2, -0.15) is 0 Å². The van der Waals surface area contributed by atoms with Gasteiger partial charge < -0.3 is 9.88 Å². The van der Waals surface area contributed by atoms with Crippen LogP contribution in [-0.2, 0) is 11.3 Å². The summed E-state index contributed by atoms with van der Waals surface area (Å²) in [4.78, 5) is 28.7. The number of thioether (sulfide) groups is 1. The zero-order valence-corrected chi connectivity index (χ0v) is 18.0. The van der Waals surface area contributed by atoms with Crippen LogP contribution < -0.4 is 5.32 Å². The lowest BCUT2D eigenvalue weighted by Crippen LogP contribution is -2.22. The molecule has 0 aliphatic carbocycles. The Hall–Kier alpha value is -3.52. The number of para-hydroxylation sites is 1. The first-order valence-corrected chi connectivity index (χ1v) is 10.7. The zero-order chi connectivity index (χ0) is 22.0. The van der Waals surface area contributed by atoms with Crippen LogP contribution in [0, 0.1) is 0 Å². The highest BCUT2D eigenvalue weighted by molar-refractivity contribution is 8.00. The molecule has 0 saturated heterocycles. The number of ketones is 1. The number of allylic oxidation sites excluding steroid dienone is 1. The third kappa shape index (κ3) is 4.20. The highest BCUT2D eigenvalue weighted by Crippen LogP contribution is 2.28. The van der Waals surface area contributed by atoms with Crippen molar-refractivity contribution >= 4 is 51.2 Å². The Bertz CT molecular complexity index is 1300. The van der Waals surface area contributed by atoms with E-state index in [0.29, 0.717) is 28.6 Å². The van der Waals surface area contributed by atoms with E-state index >= 15 is 0 Å². The lowest BCUT2D eigenvalue weighted by molar-refractivity contribution is -0.115. The molecular weight excluding hydrogens is 410 g/mol. The number of nitrogens with one attached hydrogen (secondary N) is 1. The van der Waals surface area contributed by atoms with Crippen molar-refractivity contribution in [1.82, 2.24) is 19.7 Å². The molecule has 0 saturated carbocycles. The number of hydrogen-bond acceptors (Lipinski definition) is 6. The first-order chi connectivity index (χ1) is 15.0. The fourth-order valence-electron chi connectivity index (χ4n) is 3.30. The zero-order valence-electron chi connectivity index (χ0n) is 17.2. The first-order valence-electron chi connectivity index (χ1n) is 9.79. The van der Waals surface area contributed by atoms with Crippen molar-refractivity contribution in [2.24, 2.45) is 0 Å². The molecule has 2 heterocycles. The molecule has 1 atom stereocenters. The molecule has 1 amide bonds. The molecule has 1 N–H and O–H groups in total. The molecule has 0 fully saturated rings. The van der Waals surface area contributed by atoms with E-state index in [0.717, 1.165) is 16.4 Å². The average Bonchev–Trinajstić information content (AvgIpc) is 3.07. The monoisotopic (exact) mass is 431 g/mol. The van der Waals surface area contributed by atoms with E-state index in [1.165, 1.54) is 18.7 Å². The number of benzene rings is 2. The van der Waals surface area contributed by atoms with Gasteiger partial charge in [0.25, 0.3) is 0 Å². The van der Waals surface area contributed by atoms with E-state index in [4.69, 9.17) is 0 Å². The molecule has 0 spiro atoms. The van der Waals surface area contributed by atoms with Gasteiger partial charge in [-0.25, -0.2) is 4.98 Å². The quantitative estimate of drug-likeness (QED) is 0.263. The summed E-state index contributed by atoms with van der Waals surface area (Å²) in [6.07, 6.45) is 1.81. The number of carbonyl (C=O) groups is 2. The van der Waals surface area contributed by atoms with Crippen molar-refractivity contribution < 1.29 is 9.59 Å². The second-order valence-electron chi connectivity index (χ2n) is 7.07. The molecule has 0 radical (unpaired) electrons. The van der Waals surface area contributed by atoms with Crippen molar-refractivity contribution in [1.29, 1.82) is 0 Å². The van der Waals surface area contributed by atoms with Crippen molar-refractivity contribution in [3.8, 4) is 0 Å². The van der Waals surface area contributed by atoms with Crippen LogP contribution >= 0.6 is 11.8 Å². The molecule has 0 bridgehead atoms. The Balaban J connectivity index is 1.55. The summed E-state index contributed by atoms with van der Waals surface area (Å²) in [6.45, 7) is 7.73. The van der Waals surface area contributed by atoms with Crippen LogP contribution in [-0.4, -0.2) is 36.7 Å². The van der Waals surface area contributed by atoms with Gasteiger partial charge in [0.2, 0.25) is 11.1 Å². The Kier molecular flexibility index (Phi) is 5.81. The average molecular weight is 432 g/mol. The van der Waals surface area contributed by atoms with Gasteiger partial charge in [-0.15, -0.1) is 16.8 Å². The molecule has 7 nitrogen and oxygen atoms in total. The number of anilines is 1. The van der Waals surface area contributed by atoms with Gasteiger partial charge in [0.15, 0.2) is 11.4 Å². The maximum atomic E-state index is 12.6. The van der Waals surface area contributed by atoms with Crippen LogP contribution in [0.15, 0.2) is 66.3 Å². The van der Waals surface area contributed by atoms with Crippen molar-refractivity contribution in [3.05, 3.63) is 66.7 Å². The minimum Gasteiger partial charge on any atom is -0.325 e. The summed E-state index contributed by atoms with van der Waals surface area (Å²) in [5.41, 5.74) is 3.68. The number of amides is 1. The predicted octanol–water partition coefficient (Wildman–Crippen LogP) is 4.49. The molecule has 156 valence electrons. The van der Waals surface area contributed by atoms with Crippen molar-refractivity contribution in [3.63, 3.8) is 0 Å². The van der Waals surface area contributed by atoms with E-state index in [1.54, 1.807) is 31.2 Å². The van der Waals surface area contributed by atoms with Crippen LogP contribution in [0.3, 0.4) is 0 Å². The molecule has 2 aromatic carbocycles. The summed E-state index contributed by atoms with van der Waals surface area (Å²) < 4.78 is 2.04. The predicted molar refractivity (Wildman–Crippen MR) is 123 cm³/mol. The molecular formula is C23H21N5O2S. The molecule has 31 heavy (non-hydrogen) atoms. The lowest BCUT2D eigenvalue weighted by Gasteiger charge is -2.11. The molecule has 8 heteroatoms. The Morgan fingerprint density at radius 1 is 1.16 bits per heavy atom. The van der Waals surface area contributed by atoms with Gasteiger partial charge in [0.1, 0.15) is 5.52 Å². The number of Topliss-reactive ketones (excluding diaryl/α,β-unsaturated/α-hetero) is 1. The molecule has 0 aliphatic heterocycles. The Morgan fingerprint density at radius 2 is 1.90 bits per heavy atom. The minimum absolute atomic E-state index is 0.0179. The van der Waals surface area contributed by atoms with Crippen molar-refractivity contribution in [2.75, 3.05) is 5.32 Å². The van der Waals surface area contributed by atoms with Gasteiger partial charge in [0, 0.05) is 23.2 Å². The minimum atomic E-state index is -0.441. The Morgan fingerprint density at radius 3 is 2.61 bits per heavy atom. The second-order valence-corrected chi connectivity index (χ2v) is 8.37. The van der Waals surface area contributed by atoms with E-state index in [2.05, 4.69) is 27.1 Å². The fourth-order valence-corrected chi connectivity index (χ4v) is 4.01. The molecule has 0 aliphatic rings. The maximum Gasteiger partial charge on any atom is 0.237 e. The van der Waals surface area contributed by atoms with E-state index in [1.807, 2.05) is 34.9 Å². The van der Waals surface area contributed by atoms with E-state index in [-0.39, 0.29) is 11.7 Å². The van der Waals surface area contributed by atoms with Gasteiger partial charge in [0.05, 0.1) is 10.8 Å². The smallest absolute Gasteiger partial charge is 0.237 e. The topological polar surface area (TPSA) is 89.8 Å². The standard InChI is InChI=1S/C23H21N5O2S/c1-4-13-28-19-8-6-5-7-18(19)20-21(28)25-23(27-26-20)31-15(3)22(30)24-17-11-9-16(10-12-17)14(2)29/h4-12,15H,1,13H2,2-3H3,(H,24,30)/t15-/m0/s1. The van der Waals surface area contributed by atoms with Crippen LogP contribution in [0.2, 0.25) is 0 Å². The maximum absolute atomic E-state index is 12.6. The number of rotatable bonds is 7. The van der Waals surface area contributed by atoms with Crippen molar-refractivity contribution in [2.45, 2.75) is 30.8 Å². The summed E-state index contributed by atoms with van der Waals surface area (Å²) in [7, 11) is 0. The number of carbonyl (C=O) groups excluding carboxylic acids is 2. The van der Waals surface area contributed by atoms with Gasteiger partial charge in [-0.3, -0.25) is 9.59 Å². The summed E-state index contributed by atoms with van der Waals surface area (Å²) in [5.74, 6) is -0.202. The third-order valence-corrected chi connectivity index (χ3v) is 5.83. The highest BCUT2D eigenvalue weighted by atomic mass is 32.2. The lowest BCUT2D eigenvalue weighted by atomic mass is 10.1. The summed E-state index contributed by atoms with van der Waals surface area (Å²) in [5, 5.41) is 12.4. The molecule has 4 rings (SSSR count). The number of nitrogens with zero attached hydrogens (tertiary/aromatic N) is 4. The number of aromatic nitrogens is 4. The molecule has 4 aromatic rings. The summed E-state index contributed by atoms with van der Waals surface area (Å²) in [6, 6.07) is 14.7. The Labute approximate surface area is 183 Å². The number of fused-ring (bicyclic) bond motifs is 3. The van der Waals surface area contributed by atoms with Gasteiger partial charge >= 0.3 is 0 Å². The molecule has 2 aromatic heterocycles. The first kappa shape index (κ1) is 20.7. The number of hydrogen-bond donors (Lipinski definition) is 1. The van der Waals surface area contributed by atoms with Crippen LogP contribution in [0.4, 0.5) is 5.69 Å². The normalized spacial score (nSPS) is 12.1. The van der Waals surface area contributed by atoms with Gasteiger partial charge in [-0.1, -0.05) is 36.0 Å². The molecule has 0 unspecified atom stereocenters. The SMILES string of the molecule is C=CCn1c2ccccc2c2nnc(S[C@@H](C)C(=O)Nc3ccc(C(C)=O)cc3)nc21. The van der Waals surface area contributed by atoms with E-state index < -0.39 is 5.25 Å². The third-order valence-electron chi connectivity index (χ3n) is 4.88. The fraction of sp³-hybridized carbons (Fsp3) is 0.174.